The van der Waals surface area contributed by atoms with E-state index >= 15 is 0 Å². The van der Waals surface area contributed by atoms with Crippen molar-refractivity contribution in [2.45, 2.75) is 26.8 Å². The lowest BCUT2D eigenvalue weighted by atomic mass is 10.1. The quantitative estimate of drug-likeness (QED) is 0.856. The molecule has 0 bridgehead atoms. The van der Waals surface area contributed by atoms with Crippen molar-refractivity contribution < 1.29 is 4.79 Å². The van der Waals surface area contributed by atoms with Gasteiger partial charge in [0.1, 0.15) is 0 Å². The Morgan fingerprint density at radius 2 is 2.14 bits per heavy atom. The van der Waals surface area contributed by atoms with Crippen molar-refractivity contribution >= 4 is 11.6 Å². The molecule has 0 fully saturated rings. The van der Waals surface area contributed by atoms with Gasteiger partial charge in [0.25, 0.3) is 5.91 Å². The fraction of sp³-hybridized carbons (Fsp3) is 0.294. The second kappa shape index (κ2) is 7.43. The molecule has 110 valence electrons. The Kier molecular flexibility index (Phi) is 5.32. The first kappa shape index (κ1) is 15.0. The van der Waals surface area contributed by atoms with Crippen LogP contribution in [0, 0.1) is 6.92 Å². The van der Waals surface area contributed by atoms with Gasteiger partial charge in [-0.25, -0.2) is 0 Å². The van der Waals surface area contributed by atoms with E-state index in [1.54, 1.807) is 12.4 Å². The summed E-state index contributed by atoms with van der Waals surface area (Å²) in [4.78, 5) is 16.3. The lowest BCUT2D eigenvalue weighted by Gasteiger charge is -2.11. The molecule has 1 aromatic carbocycles. The maximum Gasteiger partial charge on any atom is 0.255 e. The molecule has 2 N–H and O–H groups in total. The van der Waals surface area contributed by atoms with Crippen LogP contribution in [0.4, 0.5) is 5.69 Å². The summed E-state index contributed by atoms with van der Waals surface area (Å²) in [5.74, 6) is -0.108. The van der Waals surface area contributed by atoms with E-state index in [2.05, 4.69) is 28.6 Å². The number of benzene rings is 1. The van der Waals surface area contributed by atoms with Crippen LogP contribution in [0.2, 0.25) is 0 Å². The van der Waals surface area contributed by atoms with Crippen molar-refractivity contribution in [3.63, 3.8) is 0 Å². The number of nitrogens with one attached hydrogen (secondary N) is 2. The first-order valence-electron chi connectivity index (χ1n) is 7.22. The van der Waals surface area contributed by atoms with Crippen molar-refractivity contribution in [2.24, 2.45) is 0 Å². The molecule has 4 heteroatoms. The minimum atomic E-state index is -0.108. The van der Waals surface area contributed by atoms with Crippen LogP contribution in [0.15, 0.2) is 42.7 Å². The fourth-order valence-corrected chi connectivity index (χ4v) is 2.09. The van der Waals surface area contributed by atoms with E-state index in [0.717, 1.165) is 24.2 Å². The van der Waals surface area contributed by atoms with Gasteiger partial charge in [0.15, 0.2) is 0 Å². The Bertz CT molecular complexity index is 610. The normalized spacial score (nSPS) is 10.2. The van der Waals surface area contributed by atoms with E-state index in [-0.39, 0.29) is 5.91 Å². The molecule has 0 unspecified atom stereocenters. The predicted octanol–water partition coefficient (Wildman–Crippen LogP) is 3.14. The Morgan fingerprint density at radius 3 is 2.90 bits per heavy atom. The number of aryl methyl sites for hydroxylation is 1. The summed E-state index contributed by atoms with van der Waals surface area (Å²) in [5.41, 5.74) is 3.69. The standard InChI is InChI=1S/C17H21N3O/c1-3-8-19-16-7-9-18-12-15(16)17(21)20-11-14-6-4-5-13(2)10-14/h4-7,9-10,12H,3,8,11H2,1-2H3,(H,18,19)(H,20,21). The third-order valence-corrected chi connectivity index (χ3v) is 3.17. The van der Waals surface area contributed by atoms with Crippen molar-refractivity contribution in [1.82, 2.24) is 10.3 Å². The van der Waals surface area contributed by atoms with Crippen molar-refractivity contribution in [2.75, 3.05) is 11.9 Å². The Balaban J connectivity index is 2.03. The molecular formula is C17H21N3O. The van der Waals surface area contributed by atoms with Crippen LogP contribution in [0.5, 0.6) is 0 Å². The molecule has 0 saturated heterocycles. The Labute approximate surface area is 125 Å². The van der Waals surface area contributed by atoms with Crippen LogP contribution in [-0.2, 0) is 6.54 Å². The number of nitrogens with zero attached hydrogens (tertiary/aromatic N) is 1. The molecule has 0 spiro atoms. The van der Waals surface area contributed by atoms with Crippen LogP contribution in [0.1, 0.15) is 34.8 Å². The number of hydrogen-bond acceptors (Lipinski definition) is 3. The minimum absolute atomic E-state index is 0.108. The molecule has 0 aliphatic heterocycles. The number of carbonyl (C=O) groups excluding carboxylic acids is 1. The van der Waals surface area contributed by atoms with E-state index in [1.807, 2.05) is 31.2 Å². The summed E-state index contributed by atoms with van der Waals surface area (Å²) in [7, 11) is 0. The summed E-state index contributed by atoms with van der Waals surface area (Å²) in [6.45, 7) is 5.48. The van der Waals surface area contributed by atoms with Crippen molar-refractivity contribution in [3.05, 3.63) is 59.4 Å². The van der Waals surface area contributed by atoms with Crippen molar-refractivity contribution in [3.8, 4) is 0 Å². The molecule has 2 aromatic rings. The number of amides is 1. The molecule has 1 heterocycles. The zero-order chi connectivity index (χ0) is 15.1. The Hall–Kier alpha value is -2.36. The topological polar surface area (TPSA) is 54.0 Å². The van der Waals surface area contributed by atoms with Gasteiger partial charge in [0, 0.05) is 25.5 Å². The van der Waals surface area contributed by atoms with Gasteiger partial charge < -0.3 is 10.6 Å². The molecule has 21 heavy (non-hydrogen) atoms. The van der Waals surface area contributed by atoms with Gasteiger partial charge in [-0.3, -0.25) is 9.78 Å². The second-order valence-corrected chi connectivity index (χ2v) is 5.02. The molecule has 0 aliphatic carbocycles. The highest BCUT2D eigenvalue weighted by Crippen LogP contribution is 2.13. The van der Waals surface area contributed by atoms with Gasteiger partial charge in [-0.15, -0.1) is 0 Å². The SMILES string of the molecule is CCCNc1ccncc1C(=O)NCc1cccc(C)c1. The van der Waals surface area contributed by atoms with Crippen molar-refractivity contribution in [1.29, 1.82) is 0 Å². The van der Waals surface area contributed by atoms with Crippen LogP contribution in [0.3, 0.4) is 0 Å². The van der Waals surface area contributed by atoms with Crippen LogP contribution in [-0.4, -0.2) is 17.4 Å². The summed E-state index contributed by atoms with van der Waals surface area (Å²) in [5, 5.41) is 6.19. The average molecular weight is 283 g/mol. The first-order valence-corrected chi connectivity index (χ1v) is 7.22. The monoisotopic (exact) mass is 283 g/mol. The molecule has 4 nitrogen and oxygen atoms in total. The smallest absolute Gasteiger partial charge is 0.255 e. The minimum Gasteiger partial charge on any atom is -0.384 e. The highest BCUT2D eigenvalue weighted by atomic mass is 16.1. The van der Waals surface area contributed by atoms with Gasteiger partial charge in [-0.2, -0.15) is 0 Å². The van der Waals surface area contributed by atoms with E-state index < -0.39 is 0 Å². The summed E-state index contributed by atoms with van der Waals surface area (Å²) in [6.07, 6.45) is 4.30. The number of pyridine rings is 1. The van der Waals surface area contributed by atoms with Gasteiger partial charge >= 0.3 is 0 Å². The first-order chi connectivity index (χ1) is 10.2. The van der Waals surface area contributed by atoms with Gasteiger partial charge in [-0.05, 0) is 25.0 Å². The molecule has 0 saturated carbocycles. The highest BCUT2D eigenvalue weighted by molar-refractivity contribution is 5.99. The third-order valence-electron chi connectivity index (χ3n) is 3.17. The lowest BCUT2D eigenvalue weighted by molar-refractivity contribution is 0.0951. The van der Waals surface area contributed by atoms with Crippen LogP contribution in [0.25, 0.3) is 0 Å². The predicted molar refractivity (Wildman–Crippen MR) is 85.4 cm³/mol. The molecule has 0 atom stereocenters. The lowest BCUT2D eigenvalue weighted by Crippen LogP contribution is -2.24. The number of carbonyl (C=O) groups is 1. The average Bonchev–Trinajstić information content (AvgIpc) is 2.51. The summed E-state index contributed by atoms with van der Waals surface area (Å²) in [6, 6.07) is 9.94. The fourth-order valence-electron chi connectivity index (χ4n) is 2.09. The van der Waals surface area contributed by atoms with E-state index in [9.17, 15) is 4.79 Å². The van der Waals surface area contributed by atoms with E-state index in [0.29, 0.717) is 12.1 Å². The summed E-state index contributed by atoms with van der Waals surface area (Å²) >= 11 is 0. The zero-order valence-corrected chi connectivity index (χ0v) is 12.5. The van der Waals surface area contributed by atoms with Crippen LogP contribution >= 0.6 is 0 Å². The van der Waals surface area contributed by atoms with Gasteiger partial charge in [0.05, 0.1) is 11.3 Å². The van der Waals surface area contributed by atoms with Crippen LogP contribution < -0.4 is 10.6 Å². The molecule has 2 rings (SSSR count). The highest BCUT2D eigenvalue weighted by Gasteiger charge is 2.10. The maximum atomic E-state index is 12.3. The molecule has 0 aliphatic rings. The number of anilines is 1. The number of aromatic nitrogens is 1. The zero-order valence-electron chi connectivity index (χ0n) is 12.5. The Morgan fingerprint density at radius 1 is 1.29 bits per heavy atom. The molecule has 1 amide bonds. The largest absolute Gasteiger partial charge is 0.384 e. The number of hydrogen-bond donors (Lipinski definition) is 2. The second-order valence-electron chi connectivity index (χ2n) is 5.02. The maximum absolute atomic E-state index is 12.3. The number of rotatable bonds is 6. The third kappa shape index (κ3) is 4.31. The van der Waals surface area contributed by atoms with Gasteiger partial charge in [-0.1, -0.05) is 36.8 Å². The molecular weight excluding hydrogens is 262 g/mol. The summed E-state index contributed by atoms with van der Waals surface area (Å²) < 4.78 is 0. The molecule has 0 radical (unpaired) electrons. The van der Waals surface area contributed by atoms with E-state index in [4.69, 9.17) is 0 Å². The molecule has 1 aromatic heterocycles. The van der Waals surface area contributed by atoms with Gasteiger partial charge in [0.2, 0.25) is 0 Å². The van der Waals surface area contributed by atoms with E-state index in [1.165, 1.54) is 5.56 Å².